The fraction of sp³-hybridized carbons (Fsp3) is 0.267. The Morgan fingerprint density at radius 1 is 1.30 bits per heavy atom. The summed E-state index contributed by atoms with van der Waals surface area (Å²) in [6.07, 6.45) is 0.817. The summed E-state index contributed by atoms with van der Waals surface area (Å²) < 4.78 is 10.2. The number of imidazole rings is 1. The van der Waals surface area contributed by atoms with Crippen LogP contribution in [0.4, 0.5) is 0 Å². The Balaban J connectivity index is 1.83. The smallest absolute Gasteiger partial charge is 0.325 e. The van der Waals surface area contributed by atoms with E-state index in [2.05, 4.69) is 19.7 Å². The molecule has 0 amide bonds. The van der Waals surface area contributed by atoms with E-state index in [1.165, 1.54) is 7.11 Å². The number of benzene rings is 1. The maximum absolute atomic E-state index is 11.3. The average molecular weight is 336 g/mol. The first kappa shape index (κ1) is 15.4. The van der Waals surface area contributed by atoms with Crippen LogP contribution in [0.5, 0.6) is 5.75 Å². The number of rotatable bonds is 5. The van der Waals surface area contributed by atoms with Gasteiger partial charge < -0.3 is 14.5 Å². The van der Waals surface area contributed by atoms with Crippen molar-refractivity contribution >= 4 is 39.6 Å². The lowest BCUT2D eigenvalue weighted by Gasteiger charge is -2.09. The van der Waals surface area contributed by atoms with Crippen LogP contribution in [0, 0.1) is 0 Å². The van der Waals surface area contributed by atoms with Crippen molar-refractivity contribution < 1.29 is 14.3 Å². The Morgan fingerprint density at radius 3 is 2.91 bits per heavy atom. The van der Waals surface area contributed by atoms with Crippen LogP contribution in [-0.2, 0) is 9.53 Å². The van der Waals surface area contributed by atoms with Crippen molar-refractivity contribution in [3.8, 4) is 5.75 Å². The van der Waals surface area contributed by atoms with E-state index >= 15 is 0 Å². The SMILES string of the molecule is COC(=O)CCCOc1cc2cc3[nH]c(=O)[nH]c3nc2cc1Cl. The quantitative estimate of drug-likeness (QED) is 0.551. The zero-order chi connectivity index (χ0) is 16.4. The largest absolute Gasteiger partial charge is 0.492 e. The molecule has 0 spiro atoms. The summed E-state index contributed by atoms with van der Waals surface area (Å²) in [7, 11) is 1.35. The number of fused-ring (bicyclic) bond motifs is 2. The molecule has 0 bridgehead atoms. The van der Waals surface area contributed by atoms with Crippen LogP contribution in [0.15, 0.2) is 23.0 Å². The number of nitrogens with one attached hydrogen (secondary N) is 2. The molecule has 23 heavy (non-hydrogen) atoms. The van der Waals surface area contributed by atoms with E-state index in [4.69, 9.17) is 16.3 Å². The molecular weight excluding hydrogens is 322 g/mol. The van der Waals surface area contributed by atoms with Gasteiger partial charge in [-0.15, -0.1) is 0 Å². The molecule has 2 N–H and O–H groups in total. The third-order valence-electron chi connectivity index (χ3n) is 3.36. The number of ether oxygens (including phenoxy) is 2. The first-order chi connectivity index (χ1) is 11.1. The van der Waals surface area contributed by atoms with Gasteiger partial charge in [0.25, 0.3) is 0 Å². The average Bonchev–Trinajstić information content (AvgIpc) is 2.88. The van der Waals surface area contributed by atoms with E-state index in [1.807, 2.05) is 0 Å². The van der Waals surface area contributed by atoms with Gasteiger partial charge in [-0.3, -0.25) is 9.78 Å². The molecular formula is C15H14ClN3O4. The van der Waals surface area contributed by atoms with E-state index < -0.39 is 0 Å². The lowest BCUT2D eigenvalue weighted by molar-refractivity contribution is -0.140. The Bertz CT molecular complexity index is 932. The first-order valence-electron chi connectivity index (χ1n) is 6.99. The zero-order valence-corrected chi connectivity index (χ0v) is 13.1. The second-order valence-electron chi connectivity index (χ2n) is 4.97. The van der Waals surface area contributed by atoms with Gasteiger partial charge in [-0.1, -0.05) is 11.6 Å². The molecule has 1 aromatic carbocycles. The summed E-state index contributed by atoms with van der Waals surface area (Å²) in [6, 6.07) is 5.23. The number of aromatic amines is 2. The summed E-state index contributed by atoms with van der Waals surface area (Å²) >= 11 is 6.19. The topological polar surface area (TPSA) is 97.1 Å². The number of aromatic nitrogens is 3. The van der Waals surface area contributed by atoms with Crippen LogP contribution in [0.25, 0.3) is 22.1 Å². The van der Waals surface area contributed by atoms with E-state index in [1.54, 1.807) is 18.2 Å². The molecule has 0 aliphatic rings. The Labute approximate surface area is 135 Å². The molecule has 2 heterocycles. The van der Waals surface area contributed by atoms with Gasteiger partial charge in [-0.05, 0) is 24.6 Å². The lowest BCUT2D eigenvalue weighted by atomic mass is 10.2. The Morgan fingerprint density at radius 2 is 2.13 bits per heavy atom. The van der Waals surface area contributed by atoms with Crippen LogP contribution in [0.2, 0.25) is 5.02 Å². The number of H-pyrrole nitrogens is 2. The minimum Gasteiger partial charge on any atom is -0.492 e. The van der Waals surface area contributed by atoms with Gasteiger partial charge in [0.2, 0.25) is 0 Å². The van der Waals surface area contributed by atoms with Crippen LogP contribution in [-0.4, -0.2) is 34.6 Å². The highest BCUT2D eigenvalue weighted by atomic mass is 35.5. The molecule has 120 valence electrons. The molecule has 8 heteroatoms. The summed E-state index contributed by atoms with van der Waals surface area (Å²) in [5.74, 6) is 0.226. The summed E-state index contributed by atoms with van der Waals surface area (Å²) in [5, 5.41) is 1.21. The molecule has 0 fully saturated rings. The van der Waals surface area contributed by atoms with Crippen molar-refractivity contribution in [3.05, 3.63) is 33.7 Å². The number of hydrogen-bond acceptors (Lipinski definition) is 5. The predicted molar refractivity (Wildman–Crippen MR) is 86.0 cm³/mol. The normalized spacial score (nSPS) is 11.0. The molecule has 0 aliphatic heterocycles. The first-order valence-corrected chi connectivity index (χ1v) is 7.36. The number of nitrogens with zero attached hydrogens (tertiary/aromatic N) is 1. The highest BCUT2D eigenvalue weighted by Gasteiger charge is 2.09. The number of esters is 1. The van der Waals surface area contributed by atoms with E-state index in [0.29, 0.717) is 40.5 Å². The summed E-state index contributed by atoms with van der Waals surface area (Å²) in [6.45, 7) is 0.344. The van der Waals surface area contributed by atoms with Crippen molar-refractivity contribution in [3.63, 3.8) is 0 Å². The van der Waals surface area contributed by atoms with Crippen molar-refractivity contribution in [2.75, 3.05) is 13.7 Å². The molecule has 0 aliphatic carbocycles. The summed E-state index contributed by atoms with van der Waals surface area (Å²) in [4.78, 5) is 32.0. The van der Waals surface area contributed by atoms with Gasteiger partial charge in [0.1, 0.15) is 5.75 Å². The minimum atomic E-state index is -0.312. The number of pyridine rings is 1. The third kappa shape index (κ3) is 3.29. The van der Waals surface area contributed by atoms with Crippen molar-refractivity contribution in [1.82, 2.24) is 15.0 Å². The van der Waals surface area contributed by atoms with E-state index in [-0.39, 0.29) is 18.1 Å². The molecule has 3 aromatic rings. The molecule has 0 radical (unpaired) electrons. The second kappa shape index (κ2) is 6.29. The van der Waals surface area contributed by atoms with Crippen LogP contribution in [0.1, 0.15) is 12.8 Å². The van der Waals surface area contributed by atoms with Crippen LogP contribution in [0.3, 0.4) is 0 Å². The molecule has 7 nitrogen and oxygen atoms in total. The van der Waals surface area contributed by atoms with Gasteiger partial charge >= 0.3 is 11.7 Å². The molecule has 0 atom stereocenters. The van der Waals surface area contributed by atoms with E-state index in [0.717, 1.165) is 5.39 Å². The molecule has 0 saturated heterocycles. The fourth-order valence-corrected chi connectivity index (χ4v) is 2.45. The highest BCUT2D eigenvalue weighted by Crippen LogP contribution is 2.30. The predicted octanol–water partition coefficient (Wildman–Crippen LogP) is 2.39. The summed E-state index contributed by atoms with van der Waals surface area (Å²) in [5.41, 5.74) is 1.43. The minimum absolute atomic E-state index is 0.277. The fourth-order valence-electron chi connectivity index (χ4n) is 2.24. The van der Waals surface area contributed by atoms with Crippen LogP contribution >= 0.6 is 11.6 Å². The van der Waals surface area contributed by atoms with Crippen LogP contribution < -0.4 is 10.4 Å². The highest BCUT2D eigenvalue weighted by molar-refractivity contribution is 6.32. The number of carbonyl (C=O) groups excluding carboxylic acids is 1. The van der Waals surface area contributed by atoms with Crippen molar-refractivity contribution in [2.24, 2.45) is 0 Å². The maximum Gasteiger partial charge on any atom is 0.325 e. The Kier molecular flexibility index (Phi) is 4.20. The molecule has 2 aromatic heterocycles. The van der Waals surface area contributed by atoms with E-state index in [9.17, 15) is 9.59 Å². The van der Waals surface area contributed by atoms with Gasteiger partial charge in [0, 0.05) is 11.8 Å². The molecule has 3 rings (SSSR count). The number of carbonyl (C=O) groups is 1. The number of hydrogen-bond donors (Lipinski definition) is 2. The number of methoxy groups -OCH3 is 1. The molecule has 0 saturated carbocycles. The second-order valence-corrected chi connectivity index (χ2v) is 5.37. The zero-order valence-electron chi connectivity index (χ0n) is 12.3. The monoisotopic (exact) mass is 335 g/mol. The Hall–Kier alpha value is -2.54. The van der Waals surface area contributed by atoms with Crippen molar-refractivity contribution in [2.45, 2.75) is 12.8 Å². The third-order valence-corrected chi connectivity index (χ3v) is 3.65. The maximum atomic E-state index is 11.3. The standard InChI is InChI=1S/C15H14ClN3O4/c1-22-13(20)3-2-4-23-12-6-8-5-11-14(19-15(21)18-11)17-10(8)7-9(12)16/h5-7H,2-4H2,1H3,(H2,17,18,19,21). The lowest BCUT2D eigenvalue weighted by Crippen LogP contribution is -2.04. The van der Waals surface area contributed by atoms with Gasteiger partial charge in [0.15, 0.2) is 5.65 Å². The van der Waals surface area contributed by atoms with Crippen molar-refractivity contribution in [1.29, 1.82) is 0 Å². The number of halogens is 1. The van der Waals surface area contributed by atoms with Gasteiger partial charge in [-0.2, -0.15) is 0 Å². The molecule has 0 unspecified atom stereocenters. The van der Waals surface area contributed by atoms with Gasteiger partial charge in [-0.25, -0.2) is 9.78 Å². The van der Waals surface area contributed by atoms with Gasteiger partial charge in [0.05, 0.1) is 29.8 Å².